The molecular formula is C32H28NO2P. The van der Waals surface area contributed by atoms with Gasteiger partial charge in [0.25, 0.3) is 0 Å². The molecule has 0 spiro atoms. The number of methoxy groups -OCH3 is 1. The average Bonchev–Trinajstić information content (AvgIpc) is 2.97. The van der Waals surface area contributed by atoms with E-state index < -0.39 is 14.3 Å². The molecule has 0 radical (unpaired) electrons. The van der Waals surface area contributed by atoms with Crippen LogP contribution in [-0.2, 0) is 9.26 Å². The lowest BCUT2D eigenvalue weighted by Gasteiger charge is -2.30. The van der Waals surface area contributed by atoms with Crippen LogP contribution in [0.5, 0.6) is 0 Å². The molecular weight excluding hydrogens is 461 g/mol. The summed E-state index contributed by atoms with van der Waals surface area (Å²) in [4.78, 5) is 5.08. The monoisotopic (exact) mass is 489 g/mol. The molecule has 0 saturated carbocycles. The van der Waals surface area contributed by atoms with Gasteiger partial charge in [-0.05, 0) is 17.7 Å². The Kier molecular flexibility index (Phi) is 7.95. The third-order valence-electron chi connectivity index (χ3n) is 5.99. The molecule has 5 aromatic rings. The van der Waals surface area contributed by atoms with Crippen LogP contribution >= 0.6 is 8.15 Å². The molecule has 0 amide bonds. The van der Waals surface area contributed by atoms with Crippen LogP contribution in [0, 0.1) is 0 Å². The highest BCUT2D eigenvalue weighted by Crippen LogP contribution is 2.46. The summed E-state index contributed by atoms with van der Waals surface area (Å²) in [5.74, 6) is 0. The summed E-state index contributed by atoms with van der Waals surface area (Å²) in [5.41, 5.74) is 3.87. The van der Waals surface area contributed by atoms with Gasteiger partial charge in [0, 0.05) is 23.3 Å². The van der Waals surface area contributed by atoms with Crippen LogP contribution in [0.15, 0.2) is 140 Å². The number of ether oxygens (including phenoxy) is 1. The summed E-state index contributed by atoms with van der Waals surface area (Å²) >= 11 is 0. The van der Waals surface area contributed by atoms with E-state index in [2.05, 4.69) is 72.8 Å². The van der Waals surface area contributed by atoms with Crippen molar-refractivity contribution in [2.75, 3.05) is 7.11 Å². The third-order valence-corrected chi connectivity index (χ3v) is 7.96. The fourth-order valence-corrected chi connectivity index (χ4v) is 6.11. The Labute approximate surface area is 214 Å². The van der Waals surface area contributed by atoms with Gasteiger partial charge in [-0.2, -0.15) is 0 Å². The van der Waals surface area contributed by atoms with Gasteiger partial charge in [-0.25, -0.2) is 4.98 Å². The predicted octanol–water partition coefficient (Wildman–Crippen LogP) is 7.24. The zero-order chi connectivity index (χ0) is 24.6. The molecule has 3 nitrogen and oxygen atoms in total. The average molecular weight is 490 g/mol. The number of hydrogen-bond donors (Lipinski definition) is 0. The second-order valence-electron chi connectivity index (χ2n) is 8.37. The first-order valence-corrected chi connectivity index (χ1v) is 13.3. The first-order chi connectivity index (χ1) is 17.8. The predicted molar refractivity (Wildman–Crippen MR) is 149 cm³/mol. The van der Waals surface area contributed by atoms with Gasteiger partial charge in [-0.15, -0.1) is 0 Å². The largest absolute Gasteiger partial charge is 0.374 e. The van der Waals surface area contributed by atoms with Crippen LogP contribution in [0.2, 0.25) is 0 Å². The summed E-state index contributed by atoms with van der Waals surface area (Å²) in [6.45, 7) is 0. The third kappa shape index (κ3) is 5.61. The number of aromatic nitrogens is 1. The Morgan fingerprint density at radius 3 is 1.64 bits per heavy atom. The van der Waals surface area contributed by atoms with Crippen LogP contribution in [-0.4, -0.2) is 12.1 Å². The zero-order valence-corrected chi connectivity index (χ0v) is 21.0. The molecule has 178 valence electrons. The van der Waals surface area contributed by atoms with E-state index in [1.54, 1.807) is 7.11 Å². The van der Waals surface area contributed by atoms with Crippen molar-refractivity contribution in [3.63, 3.8) is 0 Å². The van der Waals surface area contributed by atoms with Crippen molar-refractivity contribution in [2.45, 2.75) is 12.2 Å². The lowest BCUT2D eigenvalue weighted by Crippen LogP contribution is -2.21. The summed E-state index contributed by atoms with van der Waals surface area (Å²) in [5, 5.41) is 2.29. The van der Waals surface area contributed by atoms with E-state index >= 15 is 0 Å². The van der Waals surface area contributed by atoms with Crippen molar-refractivity contribution in [1.29, 1.82) is 0 Å². The topological polar surface area (TPSA) is 31.4 Å². The minimum Gasteiger partial charge on any atom is -0.374 e. The molecule has 4 aromatic carbocycles. The van der Waals surface area contributed by atoms with E-state index in [0.717, 1.165) is 33.1 Å². The van der Waals surface area contributed by atoms with Crippen LogP contribution in [0.1, 0.15) is 23.5 Å². The molecule has 0 unspecified atom stereocenters. The summed E-state index contributed by atoms with van der Waals surface area (Å²) in [7, 11) is 0.612. The molecule has 5 rings (SSSR count). The Bertz CT molecular complexity index is 1310. The van der Waals surface area contributed by atoms with Gasteiger partial charge in [-0.3, -0.25) is 0 Å². The lowest BCUT2D eigenvalue weighted by molar-refractivity contribution is 0.00379. The Morgan fingerprint density at radius 2 is 1.08 bits per heavy atom. The van der Waals surface area contributed by atoms with E-state index in [9.17, 15) is 0 Å². The molecule has 0 aliphatic heterocycles. The maximum absolute atomic E-state index is 7.08. The number of pyridine rings is 1. The Balaban J connectivity index is 1.61. The molecule has 1 heterocycles. The second kappa shape index (κ2) is 11.9. The number of nitrogens with zero attached hydrogens (tertiary/aromatic N) is 1. The smallest absolute Gasteiger partial charge is 0.135 e. The standard InChI is InChI=1S/C32H28NO2P/c1-34-31(26-17-8-3-9-18-26)32(30-24-14-23-29(33-30)25-15-6-2-7-16-25)35-36(27-19-10-4-11-20-27)28-21-12-5-13-22-28/h2-24,31-32H,1H3/t31-,32+/m0/s1. The molecule has 0 N–H and O–H groups in total. The van der Waals surface area contributed by atoms with Gasteiger partial charge in [-0.1, -0.05) is 127 Å². The first-order valence-electron chi connectivity index (χ1n) is 12.0. The van der Waals surface area contributed by atoms with Crippen molar-refractivity contribution in [2.24, 2.45) is 0 Å². The van der Waals surface area contributed by atoms with Crippen LogP contribution in [0.25, 0.3) is 11.3 Å². The molecule has 4 heteroatoms. The SMILES string of the molecule is CO[C@@H](c1ccccc1)[C@H](OP(c1ccccc1)c1ccccc1)c1cccc(-c2ccccc2)n1. The van der Waals surface area contributed by atoms with Crippen molar-refractivity contribution >= 4 is 18.8 Å². The molecule has 0 fully saturated rings. The minimum atomic E-state index is -1.13. The molecule has 2 atom stereocenters. The second-order valence-corrected chi connectivity index (χ2v) is 10.2. The Hall–Kier alpha value is -3.62. The van der Waals surface area contributed by atoms with E-state index in [1.165, 1.54) is 0 Å². The zero-order valence-electron chi connectivity index (χ0n) is 20.1. The molecule has 0 aliphatic rings. The van der Waals surface area contributed by atoms with Crippen molar-refractivity contribution in [3.05, 3.63) is 151 Å². The molecule has 0 bridgehead atoms. The van der Waals surface area contributed by atoms with E-state index in [-0.39, 0.29) is 6.10 Å². The number of hydrogen-bond acceptors (Lipinski definition) is 3. The molecule has 1 aromatic heterocycles. The maximum atomic E-state index is 7.08. The van der Waals surface area contributed by atoms with E-state index in [1.807, 2.05) is 66.7 Å². The highest BCUT2D eigenvalue weighted by molar-refractivity contribution is 7.68. The van der Waals surface area contributed by atoms with Gasteiger partial charge in [0.1, 0.15) is 12.2 Å². The van der Waals surface area contributed by atoms with Gasteiger partial charge < -0.3 is 9.26 Å². The first kappa shape index (κ1) is 24.1. The van der Waals surface area contributed by atoms with Crippen LogP contribution in [0.4, 0.5) is 0 Å². The van der Waals surface area contributed by atoms with Crippen LogP contribution in [0.3, 0.4) is 0 Å². The number of rotatable bonds is 9. The molecule has 0 aliphatic carbocycles. The highest BCUT2D eigenvalue weighted by atomic mass is 31.1. The van der Waals surface area contributed by atoms with Crippen molar-refractivity contribution < 1.29 is 9.26 Å². The lowest BCUT2D eigenvalue weighted by atomic mass is 10.0. The van der Waals surface area contributed by atoms with E-state index in [4.69, 9.17) is 14.2 Å². The highest BCUT2D eigenvalue weighted by Gasteiger charge is 2.31. The maximum Gasteiger partial charge on any atom is 0.135 e. The fraction of sp³-hybridized carbons (Fsp3) is 0.0938. The summed E-state index contributed by atoms with van der Waals surface area (Å²) in [6.07, 6.45) is -0.755. The quantitative estimate of drug-likeness (QED) is 0.205. The van der Waals surface area contributed by atoms with Gasteiger partial charge in [0.15, 0.2) is 0 Å². The molecule has 0 saturated heterocycles. The Morgan fingerprint density at radius 1 is 0.556 bits per heavy atom. The van der Waals surface area contributed by atoms with Crippen molar-refractivity contribution in [1.82, 2.24) is 4.98 Å². The number of benzene rings is 4. The van der Waals surface area contributed by atoms with Gasteiger partial charge >= 0.3 is 0 Å². The van der Waals surface area contributed by atoms with E-state index in [0.29, 0.717) is 0 Å². The van der Waals surface area contributed by atoms with Crippen LogP contribution < -0.4 is 10.6 Å². The fourth-order valence-electron chi connectivity index (χ4n) is 4.23. The van der Waals surface area contributed by atoms with Gasteiger partial charge in [0.05, 0.1) is 19.5 Å². The minimum absolute atomic E-state index is 0.331. The van der Waals surface area contributed by atoms with Gasteiger partial charge in [0.2, 0.25) is 0 Å². The van der Waals surface area contributed by atoms with Crippen molar-refractivity contribution in [3.8, 4) is 11.3 Å². The normalized spacial score (nSPS) is 12.8. The molecule has 36 heavy (non-hydrogen) atoms. The summed E-state index contributed by atoms with van der Waals surface area (Å²) in [6, 6.07) is 47.4. The summed E-state index contributed by atoms with van der Waals surface area (Å²) < 4.78 is 13.2.